The first-order valence-corrected chi connectivity index (χ1v) is 4.50. The number of anilines is 1. The van der Waals surface area contributed by atoms with Crippen molar-refractivity contribution in [3.63, 3.8) is 0 Å². The first-order chi connectivity index (χ1) is 7.41. The molecule has 1 aromatic rings. The minimum Gasteiger partial charge on any atom is -0.374 e. The highest BCUT2D eigenvalue weighted by Gasteiger charge is 2.11. The van der Waals surface area contributed by atoms with Crippen molar-refractivity contribution in [2.45, 2.75) is 0 Å². The Hall–Kier alpha value is -1.72. The number of hydrogen-bond donors (Lipinski definition) is 1. The summed E-state index contributed by atoms with van der Waals surface area (Å²) < 4.78 is 38.4. The quantitative estimate of drug-likeness (QED) is 0.803. The molecule has 0 aliphatic heterocycles. The van der Waals surface area contributed by atoms with E-state index in [4.69, 9.17) is 0 Å². The third kappa shape index (κ3) is 2.88. The summed E-state index contributed by atoms with van der Waals surface area (Å²) in [7, 11) is 3.07. The zero-order valence-electron chi connectivity index (χ0n) is 8.85. The summed E-state index contributed by atoms with van der Waals surface area (Å²) in [6.45, 7) is -0.186. The highest BCUT2D eigenvalue weighted by molar-refractivity contribution is 5.80. The van der Waals surface area contributed by atoms with Crippen molar-refractivity contribution in [2.24, 2.45) is 0 Å². The Bertz CT molecular complexity index is 407. The molecule has 0 aliphatic rings. The molecule has 0 unspecified atom stereocenters. The van der Waals surface area contributed by atoms with Gasteiger partial charge in [-0.15, -0.1) is 0 Å². The molecule has 0 fully saturated rings. The molecule has 0 radical (unpaired) electrons. The minimum atomic E-state index is -1.26. The summed E-state index contributed by atoms with van der Waals surface area (Å²) in [5.41, 5.74) is -0.242. The van der Waals surface area contributed by atoms with Crippen molar-refractivity contribution in [1.82, 2.24) is 4.90 Å². The fourth-order valence-electron chi connectivity index (χ4n) is 0.987. The summed E-state index contributed by atoms with van der Waals surface area (Å²) in [6, 6.07) is 1.10. The number of rotatable bonds is 3. The Morgan fingerprint density at radius 2 is 1.75 bits per heavy atom. The van der Waals surface area contributed by atoms with E-state index in [2.05, 4.69) is 5.32 Å². The molecule has 0 saturated heterocycles. The van der Waals surface area contributed by atoms with Crippen molar-refractivity contribution >= 4 is 11.6 Å². The van der Waals surface area contributed by atoms with E-state index >= 15 is 0 Å². The van der Waals surface area contributed by atoms with Gasteiger partial charge < -0.3 is 10.2 Å². The molecule has 88 valence electrons. The summed E-state index contributed by atoms with van der Waals surface area (Å²) in [6.07, 6.45) is 0. The maximum Gasteiger partial charge on any atom is 0.241 e. The Balaban J connectivity index is 2.75. The zero-order chi connectivity index (χ0) is 12.3. The first-order valence-electron chi connectivity index (χ1n) is 4.50. The van der Waals surface area contributed by atoms with Crippen LogP contribution in [0.2, 0.25) is 0 Å². The van der Waals surface area contributed by atoms with Gasteiger partial charge in [-0.25, -0.2) is 13.2 Å². The Morgan fingerprint density at radius 3 is 2.31 bits per heavy atom. The lowest BCUT2D eigenvalue weighted by atomic mass is 10.3. The molecular formula is C10H11F3N2O. The SMILES string of the molecule is CN(C)C(=O)CNc1cc(F)c(F)cc1F. The van der Waals surface area contributed by atoms with Crippen molar-refractivity contribution in [3.8, 4) is 0 Å². The molecule has 0 spiro atoms. The van der Waals surface area contributed by atoms with Crippen LogP contribution in [0.4, 0.5) is 18.9 Å². The molecule has 0 aliphatic carbocycles. The molecule has 3 nitrogen and oxygen atoms in total. The molecule has 0 aromatic heterocycles. The Labute approximate surface area is 90.9 Å². The molecule has 0 atom stereocenters. The fraction of sp³-hybridized carbons (Fsp3) is 0.300. The fourth-order valence-corrected chi connectivity index (χ4v) is 0.987. The lowest BCUT2D eigenvalue weighted by Crippen LogP contribution is -2.28. The van der Waals surface area contributed by atoms with Gasteiger partial charge in [-0.2, -0.15) is 0 Å². The zero-order valence-corrected chi connectivity index (χ0v) is 8.85. The summed E-state index contributed by atoms with van der Waals surface area (Å²) in [4.78, 5) is 12.4. The third-order valence-electron chi connectivity index (χ3n) is 1.94. The molecule has 6 heteroatoms. The van der Waals surface area contributed by atoms with Crippen LogP contribution in [-0.2, 0) is 4.79 Å². The van der Waals surface area contributed by atoms with Crippen LogP contribution in [-0.4, -0.2) is 31.4 Å². The van der Waals surface area contributed by atoms with Crippen LogP contribution in [0.15, 0.2) is 12.1 Å². The lowest BCUT2D eigenvalue weighted by Gasteiger charge is -2.12. The average Bonchev–Trinajstić information content (AvgIpc) is 2.20. The molecule has 0 heterocycles. The predicted octanol–water partition coefficient (Wildman–Crippen LogP) is 1.60. The number of carbonyl (C=O) groups is 1. The third-order valence-corrected chi connectivity index (χ3v) is 1.94. The lowest BCUT2D eigenvalue weighted by molar-refractivity contribution is -0.126. The number of nitrogens with one attached hydrogen (secondary N) is 1. The minimum absolute atomic E-state index is 0.186. The number of amides is 1. The summed E-state index contributed by atoms with van der Waals surface area (Å²) in [5.74, 6) is -3.67. The second kappa shape index (κ2) is 4.87. The van der Waals surface area contributed by atoms with Crippen molar-refractivity contribution < 1.29 is 18.0 Å². The maximum absolute atomic E-state index is 13.1. The van der Waals surface area contributed by atoms with E-state index in [1.165, 1.54) is 19.0 Å². The first kappa shape index (κ1) is 12.4. The van der Waals surface area contributed by atoms with E-state index in [1.807, 2.05) is 0 Å². The number of hydrogen-bond acceptors (Lipinski definition) is 2. The Morgan fingerprint density at radius 1 is 1.19 bits per heavy atom. The normalized spacial score (nSPS) is 10.1. The van der Waals surface area contributed by atoms with Crippen LogP contribution >= 0.6 is 0 Å². The number of halogens is 3. The van der Waals surface area contributed by atoms with Gasteiger partial charge in [0.1, 0.15) is 5.82 Å². The van der Waals surface area contributed by atoms with Crippen molar-refractivity contribution in [3.05, 3.63) is 29.6 Å². The van der Waals surface area contributed by atoms with Crippen molar-refractivity contribution in [1.29, 1.82) is 0 Å². The summed E-state index contributed by atoms with van der Waals surface area (Å²) in [5, 5.41) is 2.39. The molecule has 1 rings (SSSR count). The molecular weight excluding hydrogens is 221 g/mol. The van der Waals surface area contributed by atoms with Gasteiger partial charge in [0.05, 0.1) is 12.2 Å². The van der Waals surface area contributed by atoms with E-state index in [-0.39, 0.29) is 18.1 Å². The second-order valence-corrected chi connectivity index (χ2v) is 3.39. The smallest absolute Gasteiger partial charge is 0.241 e. The predicted molar refractivity (Wildman–Crippen MR) is 53.5 cm³/mol. The van der Waals surface area contributed by atoms with Crippen LogP contribution in [0.1, 0.15) is 0 Å². The van der Waals surface area contributed by atoms with Crippen molar-refractivity contribution in [2.75, 3.05) is 26.0 Å². The summed E-state index contributed by atoms with van der Waals surface area (Å²) >= 11 is 0. The van der Waals surface area contributed by atoms with Gasteiger partial charge >= 0.3 is 0 Å². The van der Waals surface area contributed by atoms with Crippen LogP contribution < -0.4 is 5.32 Å². The molecule has 1 aromatic carbocycles. The van der Waals surface area contributed by atoms with Gasteiger partial charge in [0.15, 0.2) is 11.6 Å². The topological polar surface area (TPSA) is 32.3 Å². The highest BCUT2D eigenvalue weighted by Crippen LogP contribution is 2.17. The molecule has 0 saturated carbocycles. The Kier molecular flexibility index (Phi) is 3.76. The van der Waals surface area contributed by atoms with Gasteiger partial charge in [0, 0.05) is 26.2 Å². The molecule has 1 N–H and O–H groups in total. The van der Waals surface area contributed by atoms with Crippen LogP contribution in [0.5, 0.6) is 0 Å². The molecule has 16 heavy (non-hydrogen) atoms. The van der Waals surface area contributed by atoms with Crippen LogP contribution in [0.3, 0.4) is 0 Å². The van der Waals surface area contributed by atoms with E-state index in [0.717, 1.165) is 0 Å². The number of carbonyl (C=O) groups excluding carboxylic acids is 1. The van der Waals surface area contributed by atoms with E-state index < -0.39 is 17.5 Å². The van der Waals surface area contributed by atoms with Gasteiger partial charge in [-0.1, -0.05) is 0 Å². The van der Waals surface area contributed by atoms with Crippen LogP contribution in [0.25, 0.3) is 0 Å². The van der Waals surface area contributed by atoms with E-state index in [1.54, 1.807) is 0 Å². The standard InChI is InChI=1S/C10H11F3N2O/c1-15(2)10(16)5-14-9-4-7(12)6(11)3-8(9)13/h3-4,14H,5H2,1-2H3. The second-order valence-electron chi connectivity index (χ2n) is 3.39. The average molecular weight is 232 g/mol. The largest absolute Gasteiger partial charge is 0.374 e. The number of benzene rings is 1. The van der Waals surface area contributed by atoms with Crippen LogP contribution in [0, 0.1) is 17.5 Å². The highest BCUT2D eigenvalue weighted by atomic mass is 19.2. The monoisotopic (exact) mass is 232 g/mol. The van der Waals surface area contributed by atoms with E-state index in [0.29, 0.717) is 12.1 Å². The van der Waals surface area contributed by atoms with Gasteiger partial charge in [0.25, 0.3) is 0 Å². The number of nitrogens with zero attached hydrogens (tertiary/aromatic N) is 1. The van der Waals surface area contributed by atoms with Gasteiger partial charge in [0.2, 0.25) is 5.91 Å². The molecule has 1 amide bonds. The molecule has 0 bridgehead atoms. The van der Waals surface area contributed by atoms with E-state index in [9.17, 15) is 18.0 Å². The van der Waals surface area contributed by atoms with Gasteiger partial charge in [-0.3, -0.25) is 4.79 Å². The number of likely N-dealkylation sites (N-methyl/N-ethyl adjacent to an activating group) is 1. The maximum atomic E-state index is 13.1. The van der Waals surface area contributed by atoms with Gasteiger partial charge in [-0.05, 0) is 0 Å².